The zero-order valence-electron chi connectivity index (χ0n) is 13.7. The minimum atomic E-state index is -0.0269. The summed E-state index contributed by atoms with van der Waals surface area (Å²) in [5.74, 6) is 0.737. The van der Waals surface area contributed by atoms with E-state index in [0.717, 1.165) is 29.1 Å². The third-order valence-electron chi connectivity index (χ3n) is 3.96. The minimum absolute atomic E-state index is 0.0159. The van der Waals surface area contributed by atoms with E-state index < -0.39 is 0 Å². The Bertz CT molecular complexity index is 899. The van der Waals surface area contributed by atoms with Gasteiger partial charge in [-0.15, -0.1) is 0 Å². The predicted octanol–water partition coefficient (Wildman–Crippen LogP) is 3.36. The largest absolute Gasteiger partial charge is 0.308 e. The van der Waals surface area contributed by atoms with Gasteiger partial charge in [-0.05, 0) is 50.2 Å². The first-order chi connectivity index (χ1) is 11.1. The SMILES string of the molecule is CCN[C@H](C)c1nc2ccccc2c(=O)n1-c1cccc(C)c1. The number of nitrogens with one attached hydrogen (secondary N) is 1. The first-order valence-electron chi connectivity index (χ1n) is 7.94. The number of benzene rings is 2. The van der Waals surface area contributed by atoms with Gasteiger partial charge >= 0.3 is 0 Å². The summed E-state index contributed by atoms with van der Waals surface area (Å²) in [4.78, 5) is 17.8. The molecule has 1 aromatic heterocycles. The molecule has 0 amide bonds. The predicted molar refractivity (Wildman–Crippen MR) is 94.2 cm³/mol. The molecule has 0 radical (unpaired) electrons. The smallest absolute Gasteiger partial charge is 0.266 e. The maximum Gasteiger partial charge on any atom is 0.266 e. The molecule has 0 aliphatic heterocycles. The lowest BCUT2D eigenvalue weighted by atomic mass is 10.1. The second-order valence-corrected chi connectivity index (χ2v) is 5.75. The Balaban J connectivity index is 2.34. The van der Waals surface area contributed by atoms with Gasteiger partial charge in [0.05, 0.1) is 22.6 Å². The summed E-state index contributed by atoms with van der Waals surface area (Å²) in [5.41, 5.74) is 2.68. The van der Waals surface area contributed by atoms with Gasteiger partial charge in [0.1, 0.15) is 5.82 Å². The Labute approximate surface area is 135 Å². The van der Waals surface area contributed by atoms with E-state index in [1.54, 1.807) is 4.57 Å². The zero-order valence-corrected chi connectivity index (χ0v) is 13.7. The quantitative estimate of drug-likeness (QED) is 0.804. The highest BCUT2D eigenvalue weighted by Gasteiger charge is 2.17. The summed E-state index contributed by atoms with van der Waals surface area (Å²) in [5, 5.41) is 4.00. The van der Waals surface area contributed by atoms with Gasteiger partial charge in [0, 0.05) is 0 Å². The van der Waals surface area contributed by atoms with Crippen molar-refractivity contribution in [1.82, 2.24) is 14.9 Å². The van der Waals surface area contributed by atoms with Crippen LogP contribution in [-0.2, 0) is 0 Å². The van der Waals surface area contributed by atoms with Crippen LogP contribution in [0.2, 0.25) is 0 Å². The molecule has 0 aliphatic carbocycles. The Hall–Kier alpha value is -2.46. The molecule has 4 heteroatoms. The summed E-state index contributed by atoms with van der Waals surface area (Å²) >= 11 is 0. The number of aromatic nitrogens is 2. The topological polar surface area (TPSA) is 46.9 Å². The van der Waals surface area contributed by atoms with Gasteiger partial charge in [-0.1, -0.05) is 31.2 Å². The van der Waals surface area contributed by atoms with Crippen molar-refractivity contribution < 1.29 is 0 Å². The van der Waals surface area contributed by atoms with Crippen LogP contribution in [0.3, 0.4) is 0 Å². The summed E-state index contributed by atoms with van der Waals surface area (Å²) in [6.45, 7) is 6.92. The number of para-hydroxylation sites is 1. The van der Waals surface area contributed by atoms with Crippen molar-refractivity contribution in [3.8, 4) is 5.69 Å². The monoisotopic (exact) mass is 307 g/mol. The summed E-state index contributed by atoms with van der Waals surface area (Å²) in [6.07, 6.45) is 0. The van der Waals surface area contributed by atoms with Gasteiger partial charge in [-0.2, -0.15) is 0 Å². The molecule has 118 valence electrons. The van der Waals surface area contributed by atoms with Crippen LogP contribution in [-0.4, -0.2) is 16.1 Å². The fourth-order valence-corrected chi connectivity index (χ4v) is 2.85. The second kappa shape index (κ2) is 6.34. The first kappa shape index (κ1) is 15.4. The summed E-state index contributed by atoms with van der Waals surface area (Å²) < 4.78 is 1.72. The Kier molecular flexibility index (Phi) is 4.26. The van der Waals surface area contributed by atoms with E-state index in [0.29, 0.717) is 5.39 Å². The standard InChI is InChI=1S/C19H21N3O/c1-4-20-14(3)18-21-17-11-6-5-10-16(17)19(23)22(18)15-9-7-8-13(2)12-15/h5-12,14,20H,4H2,1-3H3/t14-/m1/s1. The number of rotatable bonds is 4. The molecular formula is C19H21N3O. The van der Waals surface area contributed by atoms with Crippen molar-refractivity contribution in [2.75, 3.05) is 6.54 Å². The van der Waals surface area contributed by atoms with Crippen LogP contribution >= 0.6 is 0 Å². The van der Waals surface area contributed by atoms with Crippen LogP contribution in [0, 0.1) is 6.92 Å². The highest BCUT2D eigenvalue weighted by atomic mass is 16.1. The third-order valence-corrected chi connectivity index (χ3v) is 3.96. The van der Waals surface area contributed by atoms with Gasteiger partial charge in [0.15, 0.2) is 0 Å². The molecular weight excluding hydrogens is 286 g/mol. The molecule has 1 heterocycles. The average molecular weight is 307 g/mol. The summed E-state index contributed by atoms with van der Waals surface area (Å²) in [6, 6.07) is 15.4. The normalized spacial score (nSPS) is 12.5. The molecule has 0 unspecified atom stereocenters. The van der Waals surface area contributed by atoms with Gasteiger partial charge in [0.2, 0.25) is 0 Å². The third kappa shape index (κ3) is 2.90. The molecule has 1 atom stereocenters. The zero-order chi connectivity index (χ0) is 16.4. The maximum atomic E-state index is 13.1. The maximum absolute atomic E-state index is 13.1. The van der Waals surface area contributed by atoms with E-state index in [1.807, 2.05) is 69.3 Å². The molecule has 3 aromatic rings. The van der Waals surface area contributed by atoms with Crippen molar-refractivity contribution in [2.24, 2.45) is 0 Å². The minimum Gasteiger partial charge on any atom is -0.308 e. The van der Waals surface area contributed by atoms with E-state index in [1.165, 1.54) is 0 Å². The van der Waals surface area contributed by atoms with Gasteiger partial charge in [-0.3, -0.25) is 9.36 Å². The Morgan fingerprint density at radius 3 is 2.70 bits per heavy atom. The number of hydrogen-bond donors (Lipinski definition) is 1. The fraction of sp³-hybridized carbons (Fsp3) is 0.263. The van der Waals surface area contributed by atoms with Crippen LogP contribution in [0.25, 0.3) is 16.6 Å². The van der Waals surface area contributed by atoms with Gasteiger partial charge in [0.25, 0.3) is 5.56 Å². The lowest BCUT2D eigenvalue weighted by Crippen LogP contribution is -2.30. The van der Waals surface area contributed by atoms with Crippen LogP contribution < -0.4 is 10.9 Å². The lowest BCUT2D eigenvalue weighted by molar-refractivity contribution is 0.551. The van der Waals surface area contributed by atoms with Crippen molar-refractivity contribution in [3.63, 3.8) is 0 Å². The van der Waals surface area contributed by atoms with Crippen LogP contribution in [0.15, 0.2) is 53.3 Å². The van der Waals surface area contributed by atoms with E-state index in [9.17, 15) is 4.79 Å². The Morgan fingerprint density at radius 1 is 1.17 bits per heavy atom. The molecule has 4 nitrogen and oxygen atoms in total. The molecule has 0 aliphatic rings. The van der Waals surface area contributed by atoms with Crippen molar-refractivity contribution >= 4 is 10.9 Å². The molecule has 0 fully saturated rings. The average Bonchev–Trinajstić information content (AvgIpc) is 2.55. The summed E-state index contributed by atoms with van der Waals surface area (Å²) in [7, 11) is 0. The highest BCUT2D eigenvalue weighted by molar-refractivity contribution is 5.77. The molecule has 1 N–H and O–H groups in total. The fourth-order valence-electron chi connectivity index (χ4n) is 2.85. The highest BCUT2D eigenvalue weighted by Crippen LogP contribution is 2.18. The van der Waals surface area contributed by atoms with Crippen LogP contribution in [0.1, 0.15) is 31.3 Å². The molecule has 2 aromatic carbocycles. The molecule has 3 rings (SSSR count). The molecule has 0 bridgehead atoms. The van der Waals surface area contributed by atoms with Crippen molar-refractivity contribution in [3.05, 3.63) is 70.3 Å². The van der Waals surface area contributed by atoms with E-state index in [4.69, 9.17) is 4.98 Å². The second-order valence-electron chi connectivity index (χ2n) is 5.75. The molecule has 0 saturated heterocycles. The Morgan fingerprint density at radius 2 is 1.96 bits per heavy atom. The van der Waals surface area contributed by atoms with E-state index in [2.05, 4.69) is 5.32 Å². The van der Waals surface area contributed by atoms with Crippen molar-refractivity contribution in [2.45, 2.75) is 26.8 Å². The number of hydrogen-bond acceptors (Lipinski definition) is 3. The van der Waals surface area contributed by atoms with E-state index >= 15 is 0 Å². The molecule has 0 saturated carbocycles. The van der Waals surface area contributed by atoms with Crippen LogP contribution in [0.4, 0.5) is 0 Å². The lowest BCUT2D eigenvalue weighted by Gasteiger charge is -2.19. The van der Waals surface area contributed by atoms with Gasteiger partial charge in [-0.25, -0.2) is 4.98 Å². The first-order valence-corrected chi connectivity index (χ1v) is 7.94. The molecule has 0 spiro atoms. The number of nitrogens with zero attached hydrogens (tertiary/aromatic N) is 2. The van der Waals surface area contributed by atoms with Gasteiger partial charge < -0.3 is 5.32 Å². The molecule has 23 heavy (non-hydrogen) atoms. The van der Waals surface area contributed by atoms with E-state index in [-0.39, 0.29) is 11.6 Å². The van der Waals surface area contributed by atoms with Crippen molar-refractivity contribution in [1.29, 1.82) is 0 Å². The number of fused-ring (bicyclic) bond motifs is 1. The number of aryl methyl sites for hydroxylation is 1. The van der Waals surface area contributed by atoms with Crippen LogP contribution in [0.5, 0.6) is 0 Å².